The van der Waals surface area contributed by atoms with Crippen molar-refractivity contribution < 1.29 is 14.4 Å². The Labute approximate surface area is 131 Å². The summed E-state index contributed by atoms with van der Waals surface area (Å²) in [6.07, 6.45) is 0.180. The Morgan fingerprint density at radius 3 is 2.32 bits per heavy atom. The second-order valence-electron chi connectivity index (χ2n) is 7.14. The third kappa shape index (κ3) is 2.95. The Balaban J connectivity index is 1.97. The number of carbonyl (C=O) groups is 3. The van der Waals surface area contributed by atoms with E-state index in [9.17, 15) is 14.4 Å². The van der Waals surface area contributed by atoms with Crippen LogP contribution in [0.2, 0.25) is 0 Å². The minimum Gasteiger partial charge on any atom is -0.340 e. The van der Waals surface area contributed by atoms with Crippen molar-refractivity contribution in [3.63, 3.8) is 0 Å². The Bertz CT molecular complexity index is 480. The van der Waals surface area contributed by atoms with Crippen LogP contribution in [0.1, 0.15) is 34.1 Å². The minimum absolute atomic E-state index is 0.00791. The summed E-state index contributed by atoms with van der Waals surface area (Å²) >= 11 is 0. The lowest BCUT2D eigenvalue weighted by Gasteiger charge is -2.35. The van der Waals surface area contributed by atoms with Crippen LogP contribution in [0.25, 0.3) is 0 Å². The van der Waals surface area contributed by atoms with Crippen molar-refractivity contribution in [3.8, 4) is 0 Å². The molecule has 0 saturated carbocycles. The van der Waals surface area contributed by atoms with E-state index in [2.05, 4.69) is 10.6 Å². The molecule has 0 spiro atoms. The van der Waals surface area contributed by atoms with Gasteiger partial charge in [-0.15, -0.1) is 0 Å². The number of rotatable bonds is 3. The molecule has 0 radical (unpaired) electrons. The maximum Gasteiger partial charge on any atom is 0.325 e. The molecule has 1 atom stereocenters. The molecule has 2 aliphatic rings. The summed E-state index contributed by atoms with van der Waals surface area (Å²) in [4.78, 5) is 39.8. The Kier molecular flexibility index (Phi) is 4.47. The van der Waals surface area contributed by atoms with Crippen molar-refractivity contribution in [1.29, 1.82) is 0 Å². The number of carbonyl (C=O) groups excluding carboxylic acids is 3. The highest BCUT2D eigenvalue weighted by atomic mass is 16.2. The first-order chi connectivity index (χ1) is 10.2. The summed E-state index contributed by atoms with van der Waals surface area (Å²) in [6.45, 7) is 10.6. The van der Waals surface area contributed by atoms with Crippen LogP contribution in [-0.4, -0.2) is 65.9 Å². The summed E-state index contributed by atoms with van der Waals surface area (Å²) in [5.74, 6) is -0.260. The highest BCUT2D eigenvalue weighted by molar-refractivity contribution is 6.07. The van der Waals surface area contributed by atoms with Gasteiger partial charge in [-0.2, -0.15) is 0 Å². The summed E-state index contributed by atoms with van der Waals surface area (Å²) in [7, 11) is 0. The van der Waals surface area contributed by atoms with Gasteiger partial charge in [-0.1, -0.05) is 20.8 Å². The molecular weight excluding hydrogens is 284 g/mol. The molecule has 1 unspecified atom stereocenters. The van der Waals surface area contributed by atoms with Crippen molar-refractivity contribution >= 4 is 17.8 Å². The molecule has 0 aromatic heterocycles. The lowest BCUT2D eigenvalue weighted by molar-refractivity contribution is -0.135. The fourth-order valence-electron chi connectivity index (χ4n) is 2.69. The summed E-state index contributed by atoms with van der Waals surface area (Å²) < 4.78 is 0. The summed E-state index contributed by atoms with van der Waals surface area (Å²) in [5.41, 5.74) is -1.32. The van der Waals surface area contributed by atoms with Crippen LogP contribution in [0, 0.1) is 5.41 Å². The van der Waals surface area contributed by atoms with Crippen molar-refractivity contribution in [2.24, 2.45) is 5.41 Å². The average molecular weight is 310 g/mol. The maximum absolute atomic E-state index is 12.6. The van der Waals surface area contributed by atoms with Crippen LogP contribution in [-0.2, 0) is 9.59 Å². The lowest BCUT2D eigenvalue weighted by Crippen LogP contribution is -2.54. The van der Waals surface area contributed by atoms with Gasteiger partial charge in [0.15, 0.2) is 0 Å². The summed E-state index contributed by atoms with van der Waals surface area (Å²) in [6, 6.07) is -0.407. The predicted molar refractivity (Wildman–Crippen MR) is 82.2 cm³/mol. The zero-order valence-corrected chi connectivity index (χ0v) is 13.9. The van der Waals surface area contributed by atoms with Crippen LogP contribution in [0.5, 0.6) is 0 Å². The van der Waals surface area contributed by atoms with Crippen molar-refractivity contribution in [2.75, 3.05) is 32.7 Å². The number of hydrogen-bond donors (Lipinski definition) is 2. The Morgan fingerprint density at radius 1 is 1.23 bits per heavy atom. The van der Waals surface area contributed by atoms with E-state index in [1.807, 2.05) is 20.8 Å². The van der Waals surface area contributed by atoms with E-state index in [1.54, 1.807) is 11.8 Å². The van der Waals surface area contributed by atoms with Crippen LogP contribution in [0.3, 0.4) is 0 Å². The highest BCUT2D eigenvalue weighted by Crippen LogP contribution is 2.35. The smallest absolute Gasteiger partial charge is 0.325 e. The van der Waals surface area contributed by atoms with Gasteiger partial charge in [-0.05, 0) is 12.3 Å². The molecule has 7 heteroatoms. The van der Waals surface area contributed by atoms with Crippen molar-refractivity contribution in [3.05, 3.63) is 0 Å². The Morgan fingerprint density at radius 2 is 1.82 bits per heavy atom. The van der Waals surface area contributed by atoms with Gasteiger partial charge in [-0.25, -0.2) is 4.79 Å². The highest BCUT2D eigenvalue weighted by Gasteiger charge is 2.54. The van der Waals surface area contributed by atoms with Crippen molar-refractivity contribution in [2.45, 2.75) is 39.7 Å². The van der Waals surface area contributed by atoms with Gasteiger partial charge in [0.25, 0.3) is 5.91 Å². The molecular formula is C15H26N4O3. The summed E-state index contributed by atoms with van der Waals surface area (Å²) in [5, 5.41) is 5.96. The van der Waals surface area contributed by atoms with Gasteiger partial charge in [0.1, 0.15) is 5.54 Å². The SMILES string of the molecule is CC(C)(C)C1(C)NC(=O)N(CCC(=O)N2CCNCC2)C1=O. The van der Waals surface area contributed by atoms with Crippen molar-refractivity contribution in [1.82, 2.24) is 20.4 Å². The molecule has 0 aliphatic carbocycles. The van der Waals surface area contributed by atoms with Crippen LogP contribution < -0.4 is 10.6 Å². The van der Waals surface area contributed by atoms with Crippen LogP contribution in [0.4, 0.5) is 4.79 Å². The van der Waals surface area contributed by atoms with E-state index in [0.717, 1.165) is 13.1 Å². The first-order valence-corrected chi connectivity index (χ1v) is 7.79. The Hall–Kier alpha value is -1.63. The van der Waals surface area contributed by atoms with Crippen LogP contribution >= 0.6 is 0 Å². The zero-order valence-electron chi connectivity index (χ0n) is 13.9. The second kappa shape index (κ2) is 5.87. The molecule has 4 amide bonds. The first-order valence-electron chi connectivity index (χ1n) is 7.79. The van der Waals surface area contributed by atoms with Gasteiger partial charge in [0, 0.05) is 39.1 Å². The van der Waals surface area contributed by atoms with Gasteiger partial charge in [0.05, 0.1) is 0 Å². The van der Waals surface area contributed by atoms with Gasteiger partial charge in [-0.3, -0.25) is 14.5 Å². The molecule has 2 aliphatic heterocycles. The van der Waals surface area contributed by atoms with Gasteiger partial charge in [0.2, 0.25) is 5.91 Å². The molecule has 0 aromatic carbocycles. The van der Waals surface area contributed by atoms with E-state index >= 15 is 0 Å². The molecule has 0 aromatic rings. The number of nitrogens with one attached hydrogen (secondary N) is 2. The number of amides is 4. The fourth-order valence-corrected chi connectivity index (χ4v) is 2.69. The molecule has 2 saturated heterocycles. The number of urea groups is 1. The molecule has 22 heavy (non-hydrogen) atoms. The largest absolute Gasteiger partial charge is 0.340 e. The van der Waals surface area contributed by atoms with Gasteiger partial charge < -0.3 is 15.5 Å². The number of piperazine rings is 1. The lowest BCUT2D eigenvalue weighted by atomic mass is 9.75. The third-order valence-corrected chi connectivity index (χ3v) is 4.79. The topological polar surface area (TPSA) is 81.8 Å². The maximum atomic E-state index is 12.6. The molecule has 124 valence electrons. The van der Waals surface area contributed by atoms with E-state index < -0.39 is 17.0 Å². The predicted octanol–water partition coefficient (Wildman–Crippen LogP) is 0.165. The average Bonchev–Trinajstić information content (AvgIpc) is 2.68. The minimum atomic E-state index is -0.928. The van der Waals surface area contributed by atoms with E-state index in [0.29, 0.717) is 13.1 Å². The number of nitrogens with zero attached hydrogens (tertiary/aromatic N) is 2. The molecule has 2 heterocycles. The molecule has 0 bridgehead atoms. The van der Waals surface area contributed by atoms with Gasteiger partial charge >= 0.3 is 6.03 Å². The van der Waals surface area contributed by atoms with E-state index in [4.69, 9.17) is 0 Å². The standard InChI is InChI=1S/C15H26N4O3/c1-14(2,3)15(4)12(21)19(13(22)17-15)8-5-11(20)18-9-6-16-7-10-18/h16H,5-10H2,1-4H3,(H,17,22). The fraction of sp³-hybridized carbons (Fsp3) is 0.800. The van der Waals surface area contributed by atoms with E-state index in [-0.39, 0.29) is 24.8 Å². The zero-order chi connectivity index (χ0) is 16.5. The second-order valence-corrected chi connectivity index (χ2v) is 7.14. The van der Waals surface area contributed by atoms with Crippen LogP contribution in [0.15, 0.2) is 0 Å². The van der Waals surface area contributed by atoms with E-state index in [1.165, 1.54) is 4.90 Å². The normalized spacial score (nSPS) is 26.4. The molecule has 2 N–H and O–H groups in total. The number of hydrogen-bond acceptors (Lipinski definition) is 4. The number of imide groups is 1. The first kappa shape index (κ1) is 16.7. The monoisotopic (exact) mass is 310 g/mol. The third-order valence-electron chi connectivity index (χ3n) is 4.79. The molecule has 7 nitrogen and oxygen atoms in total. The molecule has 2 fully saturated rings. The quantitative estimate of drug-likeness (QED) is 0.728. The molecule has 2 rings (SSSR count).